The molecular formula is C29H21FN8S. The summed E-state index contributed by atoms with van der Waals surface area (Å²) in [5, 5.41) is 15.1. The molecule has 6 aromatic heterocycles. The van der Waals surface area contributed by atoms with E-state index in [0.29, 0.717) is 34.5 Å². The van der Waals surface area contributed by atoms with Gasteiger partial charge >= 0.3 is 0 Å². The van der Waals surface area contributed by atoms with Gasteiger partial charge in [0.05, 0.1) is 28.8 Å². The molecule has 0 saturated carbocycles. The number of hydrogen-bond acceptors (Lipinski definition) is 7. The van der Waals surface area contributed by atoms with Crippen LogP contribution in [0.4, 0.5) is 4.39 Å². The number of fused-ring (bicyclic) bond motifs is 2. The van der Waals surface area contributed by atoms with Crippen LogP contribution >= 0.6 is 11.3 Å². The van der Waals surface area contributed by atoms with Gasteiger partial charge in [-0.15, -0.1) is 0 Å². The highest BCUT2D eigenvalue weighted by molar-refractivity contribution is 7.08. The first kappa shape index (κ1) is 23.3. The molecule has 0 radical (unpaired) electrons. The molecule has 39 heavy (non-hydrogen) atoms. The third-order valence-corrected chi connectivity index (χ3v) is 7.25. The quantitative estimate of drug-likeness (QED) is 0.228. The molecule has 0 aliphatic heterocycles. The molecule has 0 aliphatic rings. The zero-order valence-electron chi connectivity index (χ0n) is 20.5. The standard InChI is InChI=1S/C29H21FN8S/c30-25-24-22(15-34-26(25)20-8-18(11-32-12-20)10-31-9-17-4-2-1-3-5-17)37-38-28(24)29-35-23-14-33-13-21(27(23)36-29)19-6-7-39-16-19/h1-8,11-16,31H,9-10H2,(H,35,36)(H,37,38). The molecule has 3 N–H and O–H groups in total. The van der Waals surface area contributed by atoms with Crippen molar-refractivity contribution in [1.29, 1.82) is 0 Å². The van der Waals surface area contributed by atoms with E-state index in [1.165, 1.54) is 5.56 Å². The summed E-state index contributed by atoms with van der Waals surface area (Å²) < 4.78 is 16.1. The number of aromatic amines is 2. The Morgan fingerprint density at radius 3 is 2.59 bits per heavy atom. The lowest BCUT2D eigenvalue weighted by molar-refractivity contribution is 0.638. The minimum atomic E-state index is -0.482. The van der Waals surface area contributed by atoms with E-state index in [1.807, 2.05) is 41.1 Å². The molecule has 0 unspecified atom stereocenters. The molecule has 7 aromatic rings. The number of thiophene rings is 1. The highest BCUT2D eigenvalue weighted by Crippen LogP contribution is 2.34. The number of pyridine rings is 3. The third-order valence-electron chi connectivity index (χ3n) is 6.56. The van der Waals surface area contributed by atoms with Crippen LogP contribution in [0.2, 0.25) is 0 Å². The van der Waals surface area contributed by atoms with Crippen molar-refractivity contribution in [2.45, 2.75) is 13.1 Å². The van der Waals surface area contributed by atoms with Crippen LogP contribution in [0.15, 0.2) is 84.2 Å². The predicted molar refractivity (Wildman–Crippen MR) is 150 cm³/mol. The van der Waals surface area contributed by atoms with E-state index in [9.17, 15) is 0 Å². The SMILES string of the molecule is Fc1c(-c2cncc(CNCc3ccccc3)c2)ncc2[nH]nc(-c3nc4c(-c5ccsc5)cncc4[nH]3)c12. The van der Waals surface area contributed by atoms with Gasteiger partial charge in [-0.1, -0.05) is 30.3 Å². The Hall–Kier alpha value is -4.80. The summed E-state index contributed by atoms with van der Waals surface area (Å²) in [6.45, 7) is 1.32. The van der Waals surface area contributed by atoms with Crippen LogP contribution in [0.5, 0.6) is 0 Å². The first-order valence-electron chi connectivity index (χ1n) is 12.3. The summed E-state index contributed by atoms with van der Waals surface area (Å²) in [7, 11) is 0. The van der Waals surface area contributed by atoms with E-state index < -0.39 is 5.82 Å². The first-order valence-corrected chi connectivity index (χ1v) is 13.3. The number of halogens is 1. The van der Waals surface area contributed by atoms with Crippen molar-refractivity contribution >= 4 is 33.3 Å². The second-order valence-corrected chi connectivity index (χ2v) is 9.91. The largest absolute Gasteiger partial charge is 0.335 e. The topological polar surface area (TPSA) is 108 Å². The molecule has 7 rings (SSSR count). The van der Waals surface area contributed by atoms with E-state index in [2.05, 4.69) is 47.6 Å². The molecule has 190 valence electrons. The average molecular weight is 533 g/mol. The van der Waals surface area contributed by atoms with Crippen molar-refractivity contribution in [2.24, 2.45) is 0 Å². The number of hydrogen-bond donors (Lipinski definition) is 3. The van der Waals surface area contributed by atoms with Crippen molar-refractivity contribution in [1.82, 2.24) is 40.4 Å². The molecule has 0 spiro atoms. The average Bonchev–Trinajstić information content (AvgIpc) is 3.74. The smallest absolute Gasteiger partial charge is 0.161 e. The molecule has 0 aliphatic carbocycles. The molecular weight excluding hydrogens is 511 g/mol. The molecule has 0 saturated heterocycles. The van der Waals surface area contributed by atoms with Gasteiger partial charge in [0.2, 0.25) is 0 Å². The molecule has 8 nitrogen and oxygen atoms in total. The lowest BCUT2D eigenvalue weighted by Crippen LogP contribution is -2.12. The van der Waals surface area contributed by atoms with Gasteiger partial charge in [0, 0.05) is 42.8 Å². The third kappa shape index (κ3) is 4.35. The Kier molecular flexibility index (Phi) is 5.87. The van der Waals surface area contributed by atoms with Crippen molar-refractivity contribution < 1.29 is 4.39 Å². The maximum Gasteiger partial charge on any atom is 0.161 e. The maximum absolute atomic E-state index is 16.1. The number of imidazole rings is 1. The molecule has 6 heterocycles. The molecule has 1 aromatic carbocycles. The van der Waals surface area contributed by atoms with Crippen molar-refractivity contribution in [3.63, 3.8) is 0 Å². The van der Waals surface area contributed by atoms with Gasteiger partial charge in [-0.05, 0) is 39.6 Å². The summed E-state index contributed by atoms with van der Waals surface area (Å²) in [6.07, 6.45) is 8.48. The van der Waals surface area contributed by atoms with Gasteiger partial charge < -0.3 is 10.3 Å². The van der Waals surface area contributed by atoms with Crippen LogP contribution in [0.3, 0.4) is 0 Å². The zero-order chi connectivity index (χ0) is 26.2. The lowest BCUT2D eigenvalue weighted by atomic mass is 10.1. The number of aromatic nitrogens is 7. The van der Waals surface area contributed by atoms with Gasteiger partial charge in [-0.2, -0.15) is 16.4 Å². The number of H-pyrrole nitrogens is 2. The Morgan fingerprint density at radius 1 is 0.846 bits per heavy atom. The summed E-state index contributed by atoms with van der Waals surface area (Å²) in [6, 6.07) is 14.1. The van der Waals surface area contributed by atoms with E-state index in [0.717, 1.165) is 34.3 Å². The van der Waals surface area contributed by atoms with Crippen LogP contribution in [0.25, 0.3) is 55.8 Å². The van der Waals surface area contributed by atoms with Gasteiger partial charge in [-0.25, -0.2) is 9.37 Å². The number of nitrogens with one attached hydrogen (secondary N) is 3. The van der Waals surface area contributed by atoms with Gasteiger partial charge in [0.15, 0.2) is 11.6 Å². The van der Waals surface area contributed by atoms with Crippen molar-refractivity contribution in [3.05, 3.63) is 101 Å². The monoisotopic (exact) mass is 532 g/mol. The lowest BCUT2D eigenvalue weighted by Gasteiger charge is -2.08. The highest BCUT2D eigenvalue weighted by atomic mass is 32.1. The van der Waals surface area contributed by atoms with E-state index in [1.54, 1.807) is 42.3 Å². The van der Waals surface area contributed by atoms with Gasteiger partial charge in [-0.3, -0.25) is 20.1 Å². The molecule has 0 fully saturated rings. The molecule has 10 heteroatoms. The second-order valence-electron chi connectivity index (χ2n) is 9.13. The normalized spacial score (nSPS) is 11.5. The predicted octanol–water partition coefficient (Wildman–Crippen LogP) is 6.12. The van der Waals surface area contributed by atoms with Crippen LogP contribution in [0.1, 0.15) is 11.1 Å². The highest BCUT2D eigenvalue weighted by Gasteiger charge is 2.21. The van der Waals surface area contributed by atoms with Crippen LogP contribution in [-0.4, -0.2) is 35.1 Å². The summed E-state index contributed by atoms with van der Waals surface area (Å²) >= 11 is 1.61. The van der Waals surface area contributed by atoms with Gasteiger partial charge in [0.1, 0.15) is 16.9 Å². The van der Waals surface area contributed by atoms with Gasteiger partial charge in [0.25, 0.3) is 0 Å². The minimum Gasteiger partial charge on any atom is -0.335 e. The van der Waals surface area contributed by atoms with Crippen LogP contribution in [0, 0.1) is 5.82 Å². The van der Waals surface area contributed by atoms with E-state index in [4.69, 9.17) is 4.98 Å². The fourth-order valence-electron chi connectivity index (χ4n) is 4.68. The molecule has 0 atom stereocenters. The minimum absolute atomic E-state index is 0.208. The number of nitrogens with zero attached hydrogens (tertiary/aromatic N) is 5. The van der Waals surface area contributed by atoms with Crippen LogP contribution in [-0.2, 0) is 13.1 Å². The summed E-state index contributed by atoms with van der Waals surface area (Å²) in [5.74, 6) is -0.0298. The summed E-state index contributed by atoms with van der Waals surface area (Å²) in [4.78, 5) is 21.2. The van der Waals surface area contributed by atoms with E-state index in [-0.39, 0.29) is 5.69 Å². The van der Waals surface area contributed by atoms with Crippen LogP contribution < -0.4 is 5.32 Å². The Balaban J connectivity index is 1.23. The van der Waals surface area contributed by atoms with E-state index >= 15 is 4.39 Å². The fourth-order valence-corrected chi connectivity index (χ4v) is 5.34. The maximum atomic E-state index is 16.1. The Bertz CT molecular complexity index is 1910. The summed E-state index contributed by atoms with van der Waals surface area (Å²) in [5.41, 5.74) is 7.23. The van der Waals surface area contributed by atoms with Crippen molar-refractivity contribution in [3.8, 4) is 33.9 Å². The molecule has 0 bridgehead atoms. The molecule has 0 amide bonds. The first-order chi connectivity index (χ1) is 19.2. The zero-order valence-corrected chi connectivity index (χ0v) is 21.3. The number of rotatable bonds is 7. The number of benzene rings is 1. The Morgan fingerprint density at radius 2 is 1.72 bits per heavy atom. The second kappa shape index (κ2) is 9.82. The Labute approximate surface area is 226 Å². The fraction of sp³-hybridized carbons (Fsp3) is 0.0690. The van der Waals surface area contributed by atoms with Crippen molar-refractivity contribution in [2.75, 3.05) is 0 Å².